The van der Waals surface area contributed by atoms with Crippen molar-refractivity contribution in [2.24, 2.45) is 0 Å². The standard InChI is InChI=1S/C32H31NO4/c1-21-19-25(21)20-24(30(22-10-14-26(34)15-11-22)23-12-16-27(35)17-13-23)7-5-6-18-33-31(36)28-8-3-4-9-29(28)32(33)37-2/h3-4,8-17,20,32,34-35H,1,5-7,18-19H2,2H3/b25-20-. The molecule has 1 atom stereocenters. The number of nitrogens with zero attached hydrogens (tertiary/aromatic N) is 1. The summed E-state index contributed by atoms with van der Waals surface area (Å²) >= 11 is 0. The highest BCUT2D eigenvalue weighted by atomic mass is 16.5. The van der Waals surface area contributed by atoms with E-state index in [2.05, 4.69) is 12.7 Å². The SMILES string of the molecule is C=C1C/C1=C/C(CCCCN1C(=O)c2ccccc2C1OC)=C(c1ccc(O)cc1)c1ccc(O)cc1. The number of carbonyl (C=O) groups is 1. The van der Waals surface area contributed by atoms with Crippen molar-refractivity contribution in [3.8, 4) is 11.5 Å². The maximum atomic E-state index is 13.0. The number of ether oxygens (including phenoxy) is 1. The summed E-state index contributed by atoms with van der Waals surface area (Å²) in [4.78, 5) is 14.8. The summed E-state index contributed by atoms with van der Waals surface area (Å²) in [6.07, 6.45) is 5.30. The number of unbranched alkanes of at least 4 members (excludes halogenated alkanes) is 1. The van der Waals surface area contributed by atoms with E-state index in [1.54, 1.807) is 31.4 Å². The highest BCUT2D eigenvalue weighted by Crippen LogP contribution is 2.40. The lowest BCUT2D eigenvalue weighted by Crippen LogP contribution is -2.30. The zero-order chi connectivity index (χ0) is 25.9. The molecule has 1 aliphatic heterocycles. The van der Waals surface area contributed by atoms with Gasteiger partial charge >= 0.3 is 0 Å². The van der Waals surface area contributed by atoms with Gasteiger partial charge in [-0.1, -0.05) is 55.1 Å². The largest absolute Gasteiger partial charge is 0.508 e. The minimum atomic E-state index is -0.347. The third kappa shape index (κ3) is 5.23. The normalized spacial score (nSPS) is 17.3. The molecule has 0 radical (unpaired) electrons. The Labute approximate surface area is 217 Å². The number of rotatable bonds is 9. The number of allylic oxidation sites excluding steroid dienone is 4. The summed E-state index contributed by atoms with van der Waals surface area (Å²) < 4.78 is 5.68. The van der Waals surface area contributed by atoms with Gasteiger partial charge in [-0.05, 0) is 89.4 Å². The second-order valence-corrected chi connectivity index (χ2v) is 9.57. The second kappa shape index (κ2) is 10.5. The lowest BCUT2D eigenvalue weighted by Gasteiger charge is -2.24. The first kappa shape index (κ1) is 24.6. The number of phenols is 2. The summed E-state index contributed by atoms with van der Waals surface area (Å²) in [7, 11) is 1.64. The van der Waals surface area contributed by atoms with Crippen molar-refractivity contribution in [2.75, 3.05) is 13.7 Å². The Morgan fingerprint density at radius 3 is 2.14 bits per heavy atom. The van der Waals surface area contributed by atoms with Crippen molar-refractivity contribution >= 4 is 11.5 Å². The maximum Gasteiger partial charge on any atom is 0.256 e. The summed E-state index contributed by atoms with van der Waals surface area (Å²) in [5, 5.41) is 19.7. The van der Waals surface area contributed by atoms with Crippen LogP contribution in [0.25, 0.3) is 5.57 Å². The zero-order valence-electron chi connectivity index (χ0n) is 21.0. The summed E-state index contributed by atoms with van der Waals surface area (Å²) in [5.74, 6) is 0.449. The van der Waals surface area contributed by atoms with Gasteiger partial charge in [0.05, 0.1) is 0 Å². The summed E-state index contributed by atoms with van der Waals surface area (Å²) in [5.41, 5.74) is 8.25. The Kier molecular flexibility index (Phi) is 6.97. The van der Waals surface area contributed by atoms with Crippen LogP contribution in [-0.2, 0) is 4.74 Å². The van der Waals surface area contributed by atoms with Gasteiger partial charge in [-0.2, -0.15) is 0 Å². The Balaban J connectivity index is 1.40. The minimum absolute atomic E-state index is 0.0171. The van der Waals surface area contributed by atoms with E-state index in [4.69, 9.17) is 4.74 Å². The van der Waals surface area contributed by atoms with Gasteiger partial charge in [0.15, 0.2) is 6.23 Å². The van der Waals surface area contributed by atoms with Gasteiger partial charge in [-0.15, -0.1) is 0 Å². The highest BCUT2D eigenvalue weighted by Gasteiger charge is 2.36. The Morgan fingerprint density at radius 1 is 0.973 bits per heavy atom. The van der Waals surface area contributed by atoms with Crippen molar-refractivity contribution in [3.05, 3.63) is 124 Å². The van der Waals surface area contributed by atoms with E-state index in [1.807, 2.05) is 53.4 Å². The number of aromatic hydroxyl groups is 2. The fourth-order valence-corrected chi connectivity index (χ4v) is 5.02. The molecule has 0 bridgehead atoms. The van der Waals surface area contributed by atoms with Crippen LogP contribution < -0.4 is 0 Å². The number of amides is 1. The van der Waals surface area contributed by atoms with Gasteiger partial charge < -0.3 is 19.8 Å². The third-order valence-corrected chi connectivity index (χ3v) is 7.03. The van der Waals surface area contributed by atoms with Gasteiger partial charge in [0.1, 0.15) is 11.5 Å². The third-order valence-electron chi connectivity index (χ3n) is 7.03. The number of benzene rings is 3. The predicted octanol–water partition coefficient (Wildman–Crippen LogP) is 6.76. The van der Waals surface area contributed by atoms with E-state index in [0.29, 0.717) is 12.1 Å². The van der Waals surface area contributed by atoms with Crippen molar-refractivity contribution < 1.29 is 19.7 Å². The molecule has 1 fully saturated rings. The Morgan fingerprint density at radius 2 is 1.57 bits per heavy atom. The first-order valence-electron chi connectivity index (χ1n) is 12.6. The monoisotopic (exact) mass is 493 g/mol. The number of fused-ring (bicyclic) bond motifs is 1. The average molecular weight is 494 g/mol. The molecule has 3 aromatic carbocycles. The first-order chi connectivity index (χ1) is 18.0. The van der Waals surface area contributed by atoms with E-state index in [0.717, 1.165) is 53.5 Å². The molecule has 3 aromatic rings. The topological polar surface area (TPSA) is 70.0 Å². The highest BCUT2D eigenvalue weighted by molar-refractivity contribution is 5.98. The molecule has 2 N–H and O–H groups in total. The van der Waals surface area contributed by atoms with E-state index >= 15 is 0 Å². The van der Waals surface area contributed by atoms with Gasteiger partial charge in [-0.3, -0.25) is 4.79 Å². The Bertz CT molecular complexity index is 1340. The first-order valence-corrected chi connectivity index (χ1v) is 12.6. The quantitative estimate of drug-likeness (QED) is 0.323. The molecule has 2 aliphatic rings. The van der Waals surface area contributed by atoms with Crippen LogP contribution in [0.3, 0.4) is 0 Å². The van der Waals surface area contributed by atoms with E-state index in [1.165, 1.54) is 11.1 Å². The minimum Gasteiger partial charge on any atom is -0.508 e. The number of carbonyl (C=O) groups excluding carboxylic acids is 1. The molecule has 1 heterocycles. The molecule has 1 aliphatic carbocycles. The lowest BCUT2D eigenvalue weighted by molar-refractivity contribution is -0.0130. The van der Waals surface area contributed by atoms with Crippen molar-refractivity contribution in [2.45, 2.75) is 31.9 Å². The molecule has 1 saturated carbocycles. The number of methoxy groups -OCH3 is 1. The number of hydrogen-bond donors (Lipinski definition) is 2. The van der Waals surface area contributed by atoms with Crippen molar-refractivity contribution in [1.82, 2.24) is 4.90 Å². The lowest BCUT2D eigenvalue weighted by atomic mass is 9.90. The molecular formula is C32H31NO4. The van der Waals surface area contributed by atoms with E-state index in [9.17, 15) is 15.0 Å². The predicted molar refractivity (Wildman–Crippen MR) is 145 cm³/mol. The molecule has 0 saturated heterocycles. The molecule has 37 heavy (non-hydrogen) atoms. The zero-order valence-corrected chi connectivity index (χ0v) is 21.0. The molecular weight excluding hydrogens is 462 g/mol. The van der Waals surface area contributed by atoms with Crippen LogP contribution >= 0.6 is 0 Å². The molecule has 5 nitrogen and oxygen atoms in total. The maximum absolute atomic E-state index is 13.0. The average Bonchev–Trinajstić information content (AvgIpc) is 3.53. The van der Waals surface area contributed by atoms with Crippen molar-refractivity contribution in [3.63, 3.8) is 0 Å². The van der Waals surface area contributed by atoms with Crippen LogP contribution in [0, 0.1) is 0 Å². The second-order valence-electron chi connectivity index (χ2n) is 9.57. The molecule has 5 rings (SSSR count). The fourth-order valence-electron chi connectivity index (χ4n) is 5.02. The van der Waals surface area contributed by atoms with Crippen LogP contribution in [0.1, 0.15) is 59.0 Å². The van der Waals surface area contributed by atoms with Crippen molar-refractivity contribution in [1.29, 1.82) is 0 Å². The van der Waals surface area contributed by atoms with Gasteiger partial charge in [0.25, 0.3) is 5.91 Å². The number of hydrogen-bond acceptors (Lipinski definition) is 4. The molecule has 0 spiro atoms. The van der Waals surface area contributed by atoms with Gasteiger partial charge in [0, 0.05) is 24.8 Å². The molecule has 5 heteroatoms. The smallest absolute Gasteiger partial charge is 0.256 e. The van der Waals surface area contributed by atoms with Crippen LogP contribution in [0.15, 0.2) is 102 Å². The molecule has 0 aromatic heterocycles. The molecule has 188 valence electrons. The fraction of sp³-hybridized carbons (Fsp3) is 0.219. The van der Waals surface area contributed by atoms with Gasteiger partial charge in [0.2, 0.25) is 0 Å². The van der Waals surface area contributed by atoms with Crippen LogP contribution in [0.5, 0.6) is 11.5 Å². The van der Waals surface area contributed by atoms with Crippen LogP contribution in [-0.4, -0.2) is 34.7 Å². The van der Waals surface area contributed by atoms with Crippen LogP contribution in [0.4, 0.5) is 0 Å². The summed E-state index contributed by atoms with van der Waals surface area (Å²) in [6, 6.07) is 22.1. The van der Waals surface area contributed by atoms with Crippen LogP contribution in [0.2, 0.25) is 0 Å². The number of phenolic OH excluding ortho intramolecular Hbond substituents is 2. The van der Waals surface area contributed by atoms with E-state index < -0.39 is 0 Å². The molecule has 1 unspecified atom stereocenters. The Hall–Kier alpha value is -4.09. The molecule has 1 amide bonds. The van der Waals surface area contributed by atoms with E-state index in [-0.39, 0.29) is 23.6 Å². The van der Waals surface area contributed by atoms with Gasteiger partial charge in [-0.25, -0.2) is 0 Å². The summed E-state index contributed by atoms with van der Waals surface area (Å²) in [6.45, 7) is 4.72.